The summed E-state index contributed by atoms with van der Waals surface area (Å²) in [7, 11) is 1.43. The highest BCUT2D eigenvalue weighted by Crippen LogP contribution is 2.38. The molecule has 0 radical (unpaired) electrons. The van der Waals surface area contributed by atoms with E-state index < -0.39 is 17.1 Å². The molecule has 0 bridgehead atoms. The van der Waals surface area contributed by atoms with Gasteiger partial charge in [-0.3, -0.25) is 14.5 Å². The van der Waals surface area contributed by atoms with E-state index in [0.29, 0.717) is 16.1 Å². The molecule has 0 atom stereocenters. The van der Waals surface area contributed by atoms with E-state index in [0.717, 1.165) is 16.7 Å². The molecule has 1 heterocycles. The number of methoxy groups -OCH3 is 1. The average molecular weight is 514 g/mol. The highest BCUT2D eigenvalue weighted by molar-refractivity contribution is 8.18. The molecule has 34 heavy (non-hydrogen) atoms. The number of para-hydroxylation sites is 1. The van der Waals surface area contributed by atoms with Crippen LogP contribution in [0.25, 0.3) is 6.08 Å². The number of halogens is 2. The second-order valence-electron chi connectivity index (χ2n) is 7.11. The fourth-order valence-corrected chi connectivity index (χ4v) is 4.50. The number of amides is 2. The van der Waals surface area contributed by atoms with Crippen molar-refractivity contribution >= 4 is 58.2 Å². The summed E-state index contributed by atoms with van der Waals surface area (Å²) in [5.41, 5.74) is 1.23. The topological polar surface area (TPSA) is 72.9 Å². The van der Waals surface area contributed by atoms with Crippen LogP contribution in [0.1, 0.15) is 21.5 Å². The third-order valence-electron chi connectivity index (χ3n) is 4.96. The Morgan fingerprint density at radius 1 is 0.971 bits per heavy atom. The van der Waals surface area contributed by atoms with E-state index in [-0.39, 0.29) is 33.5 Å². The highest BCUT2D eigenvalue weighted by Gasteiger charge is 2.35. The van der Waals surface area contributed by atoms with Gasteiger partial charge in [-0.25, -0.2) is 4.79 Å². The number of carbonyl (C=O) groups is 3. The van der Waals surface area contributed by atoms with E-state index in [4.69, 9.17) is 32.7 Å². The molecule has 0 aromatic heterocycles. The van der Waals surface area contributed by atoms with Gasteiger partial charge in [-0.1, -0.05) is 65.7 Å². The summed E-state index contributed by atoms with van der Waals surface area (Å²) in [6.45, 7) is 0.0497. The molecule has 0 spiro atoms. The van der Waals surface area contributed by atoms with Gasteiger partial charge in [-0.15, -0.1) is 0 Å². The predicted molar refractivity (Wildman–Crippen MR) is 132 cm³/mol. The first-order chi connectivity index (χ1) is 16.4. The van der Waals surface area contributed by atoms with Crippen molar-refractivity contribution in [3.8, 4) is 11.5 Å². The first-order valence-electron chi connectivity index (χ1n) is 10.0. The summed E-state index contributed by atoms with van der Waals surface area (Å²) in [6, 6.07) is 18.5. The number of rotatable bonds is 6. The summed E-state index contributed by atoms with van der Waals surface area (Å²) < 4.78 is 11.0. The molecular weight excluding hydrogens is 497 g/mol. The normalized spacial score (nSPS) is 14.6. The van der Waals surface area contributed by atoms with Crippen LogP contribution in [0.5, 0.6) is 11.5 Å². The standard InChI is InChI=1S/C25H17Cl2NO5S/c1-32-20-12-6-8-15(22(20)33-24(30)17-9-3-5-11-19(17)27)13-21-23(29)28(25(31)34-21)14-16-7-2-4-10-18(16)26/h2-13H,14H2,1H3/b21-13-. The number of hydrogen-bond donors (Lipinski definition) is 0. The van der Waals surface area contributed by atoms with Crippen LogP contribution in [-0.2, 0) is 11.3 Å². The van der Waals surface area contributed by atoms with Gasteiger partial charge in [-0.2, -0.15) is 0 Å². The number of thioether (sulfide) groups is 1. The Balaban J connectivity index is 1.65. The first kappa shape index (κ1) is 23.9. The second kappa shape index (κ2) is 10.3. The third kappa shape index (κ3) is 4.97. The molecule has 2 amide bonds. The largest absolute Gasteiger partial charge is 0.493 e. The lowest BCUT2D eigenvalue weighted by Gasteiger charge is -2.14. The molecule has 1 aliphatic heterocycles. The minimum absolute atomic E-state index is 0.0497. The van der Waals surface area contributed by atoms with E-state index in [1.165, 1.54) is 13.2 Å². The van der Waals surface area contributed by atoms with Gasteiger partial charge in [0.15, 0.2) is 11.5 Å². The van der Waals surface area contributed by atoms with Crippen molar-refractivity contribution < 1.29 is 23.9 Å². The quantitative estimate of drug-likeness (QED) is 0.214. The number of ether oxygens (including phenoxy) is 2. The van der Waals surface area contributed by atoms with Gasteiger partial charge in [-0.05, 0) is 47.7 Å². The first-order valence-corrected chi connectivity index (χ1v) is 11.6. The van der Waals surface area contributed by atoms with Crippen LogP contribution >= 0.6 is 35.0 Å². The average Bonchev–Trinajstić information content (AvgIpc) is 3.09. The van der Waals surface area contributed by atoms with E-state index >= 15 is 0 Å². The van der Waals surface area contributed by atoms with Crippen molar-refractivity contribution in [2.75, 3.05) is 7.11 Å². The molecule has 9 heteroatoms. The summed E-state index contributed by atoms with van der Waals surface area (Å²) in [5, 5.41) is 0.283. The fraction of sp³-hybridized carbons (Fsp3) is 0.0800. The minimum atomic E-state index is -0.684. The molecule has 1 aliphatic rings. The van der Waals surface area contributed by atoms with Gasteiger partial charge in [0.05, 0.1) is 29.1 Å². The maximum Gasteiger partial charge on any atom is 0.345 e. The minimum Gasteiger partial charge on any atom is -0.493 e. The molecule has 1 saturated heterocycles. The van der Waals surface area contributed by atoms with Crippen LogP contribution in [0, 0.1) is 0 Å². The van der Waals surface area contributed by atoms with Crippen LogP contribution in [0.4, 0.5) is 4.79 Å². The maximum atomic E-state index is 13.0. The van der Waals surface area contributed by atoms with Crippen molar-refractivity contribution in [1.82, 2.24) is 4.90 Å². The lowest BCUT2D eigenvalue weighted by Crippen LogP contribution is -2.27. The summed E-state index contributed by atoms with van der Waals surface area (Å²) in [5.74, 6) is -0.769. The number of imide groups is 1. The number of nitrogens with zero attached hydrogens (tertiary/aromatic N) is 1. The molecule has 3 aromatic carbocycles. The van der Waals surface area contributed by atoms with Crippen molar-refractivity contribution in [1.29, 1.82) is 0 Å². The molecule has 0 saturated carbocycles. The Hall–Kier alpha value is -3.26. The number of hydrogen-bond acceptors (Lipinski definition) is 6. The summed E-state index contributed by atoms with van der Waals surface area (Å²) >= 11 is 13.1. The molecule has 0 unspecified atom stereocenters. The lowest BCUT2D eigenvalue weighted by atomic mass is 10.1. The zero-order chi connectivity index (χ0) is 24.2. The van der Waals surface area contributed by atoms with E-state index in [1.807, 2.05) is 0 Å². The predicted octanol–water partition coefficient (Wildman–Crippen LogP) is 6.46. The lowest BCUT2D eigenvalue weighted by molar-refractivity contribution is -0.123. The van der Waals surface area contributed by atoms with Gasteiger partial charge < -0.3 is 9.47 Å². The van der Waals surface area contributed by atoms with Crippen molar-refractivity contribution in [3.63, 3.8) is 0 Å². The Morgan fingerprint density at radius 2 is 1.68 bits per heavy atom. The molecule has 0 N–H and O–H groups in total. The molecule has 1 fully saturated rings. The monoisotopic (exact) mass is 513 g/mol. The van der Waals surface area contributed by atoms with Crippen LogP contribution in [0.3, 0.4) is 0 Å². The van der Waals surface area contributed by atoms with Crippen LogP contribution < -0.4 is 9.47 Å². The SMILES string of the molecule is COc1cccc(/C=C2\SC(=O)N(Cc3ccccc3Cl)C2=O)c1OC(=O)c1ccccc1Cl. The van der Waals surface area contributed by atoms with E-state index in [9.17, 15) is 14.4 Å². The molecule has 6 nitrogen and oxygen atoms in total. The Bertz CT molecular complexity index is 1320. The van der Waals surface area contributed by atoms with Crippen LogP contribution in [-0.4, -0.2) is 29.1 Å². The van der Waals surface area contributed by atoms with Gasteiger partial charge in [0.1, 0.15) is 0 Å². The molecule has 3 aromatic rings. The van der Waals surface area contributed by atoms with E-state index in [1.54, 1.807) is 66.7 Å². The molecule has 4 rings (SSSR count). The van der Waals surface area contributed by atoms with Gasteiger partial charge in [0.2, 0.25) is 0 Å². The highest BCUT2D eigenvalue weighted by atomic mass is 35.5. The van der Waals surface area contributed by atoms with Crippen molar-refractivity contribution in [3.05, 3.63) is 98.4 Å². The van der Waals surface area contributed by atoms with Gasteiger partial charge >= 0.3 is 5.97 Å². The van der Waals surface area contributed by atoms with Crippen molar-refractivity contribution in [2.24, 2.45) is 0 Å². The van der Waals surface area contributed by atoms with Crippen LogP contribution in [0.15, 0.2) is 71.6 Å². The maximum absolute atomic E-state index is 13.0. The van der Waals surface area contributed by atoms with Crippen molar-refractivity contribution in [2.45, 2.75) is 6.54 Å². The van der Waals surface area contributed by atoms with Gasteiger partial charge in [0, 0.05) is 10.6 Å². The Morgan fingerprint density at radius 3 is 2.38 bits per heavy atom. The molecule has 0 aliphatic carbocycles. The molecule has 172 valence electrons. The van der Waals surface area contributed by atoms with E-state index in [2.05, 4.69) is 0 Å². The van der Waals surface area contributed by atoms with Crippen LogP contribution in [0.2, 0.25) is 10.0 Å². The Labute approximate surface area is 210 Å². The summed E-state index contributed by atoms with van der Waals surface area (Å²) in [6.07, 6.45) is 1.50. The summed E-state index contributed by atoms with van der Waals surface area (Å²) in [4.78, 5) is 39.6. The number of benzene rings is 3. The molecular formula is C25H17Cl2NO5S. The number of esters is 1. The smallest absolute Gasteiger partial charge is 0.345 e. The van der Waals surface area contributed by atoms with Gasteiger partial charge in [0.25, 0.3) is 11.1 Å². The zero-order valence-corrected chi connectivity index (χ0v) is 20.1. The third-order valence-corrected chi connectivity index (χ3v) is 6.57. The second-order valence-corrected chi connectivity index (χ2v) is 8.91. The Kier molecular flexibility index (Phi) is 7.26. The fourth-order valence-electron chi connectivity index (χ4n) is 3.27. The number of carbonyl (C=O) groups excluding carboxylic acids is 3. The zero-order valence-electron chi connectivity index (χ0n) is 17.8.